The highest BCUT2D eigenvalue weighted by molar-refractivity contribution is 6.32. The van der Waals surface area contributed by atoms with Gasteiger partial charge in [-0.05, 0) is 42.2 Å². The SMILES string of the molecule is CC(C)C(NC(=O)c1ccc(Cl)c([N+](=O)[O-])c1)C(=O)NCCc1ccc(C(F)(F)F)cc1. The zero-order valence-electron chi connectivity index (χ0n) is 17.2. The van der Waals surface area contributed by atoms with E-state index in [1.807, 2.05) is 0 Å². The van der Waals surface area contributed by atoms with Crippen LogP contribution in [0.15, 0.2) is 42.5 Å². The van der Waals surface area contributed by atoms with Crippen molar-refractivity contribution < 1.29 is 27.7 Å². The summed E-state index contributed by atoms with van der Waals surface area (Å²) >= 11 is 5.75. The molecule has 2 rings (SSSR count). The Balaban J connectivity index is 1.98. The third-order valence-corrected chi connectivity index (χ3v) is 4.95. The molecule has 11 heteroatoms. The summed E-state index contributed by atoms with van der Waals surface area (Å²) in [6.45, 7) is 3.57. The number of carbonyl (C=O) groups excluding carboxylic acids is 2. The standard InChI is InChI=1S/C21H21ClF3N3O4/c1-12(2)18(27-19(29)14-5-8-16(22)17(11-14)28(31)32)20(30)26-10-9-13-3-6-15(7-4-13)21(23,24)25/h3-8,11-12,18H,9-10H2,1-2H3,(H,26,30)(H,27,29). The normalized spacial score (nSPS) is 12.3. The second kappa shape index (κ2) is 10.4. The zero-order chi connectivity index (χ0) is 24.1. The summed E-state index contributed by atoms with van der Waals surface area (Å²) in [7, 11) is 0. The van der Waals surface area contributed by atoms with Crippen molar-refractivity contribution in [1.29, 1.82) is 0 Å². The van der Waals surface area contributed by atoms with Crippen molar-refractivity contribution in [3.05, 3.63) is 74.3 Å². The van der Waals surface area contributed by atoms with Crippen molar-refractivity contribution in [1.82, 2.24) is 10.6 Å². The zero-order valence-corrected chi connectivity index (χ0v) is 18.0. The first-order chi connectivity index (χ1) is 14.9. The van der Waals surface area contributed by atoms with Crippen molar-refractivity contribution >= 4 is 29.1 Å². The fraction of sp³-hybridized carbons (Fsp3) is 0.333. The van der Waals surface area contributed by atoms with Crippen molar-refractivity contribution in [2.45, 2.75) is 32.5 Å². The van der Waals surface area contributed by atoms with Gasteiger partial charge < -0.3 is 10.6 Å². The average Bonchev–Trinajstić information content (AvgIpc) is 2.71. The number of nitro groups is 1. The van der Waals surface area contributed by atoms with Crippen LogP contribution in [0.5, 0.6) is 0 Å². The van der Waals surface area contributed by atoms with Crippen LogP contribution < -0.4 is 10.6 Å². The Labute approximate surface area is 187 Å². The summed E-state index contributed by atoms with van der Waals surface area (Å²) in [6, 6.07) is 7.25. The first-order valence-corrected chi connectivity index (χ1v) is 9.96. The number of rotatable bonds is 8. The molecule has 0 fully saturated rings. The minimum absolute atomic E-state index is 0.0238. The Morgan fingerprint density at radius 1 is 1.12 bits per heavy atom. The lowest BCUT2D eigenvalue weighted by Crippen LogP contribution is -2.50. The van der Waals surface area contributed by atoms with Gasteiger partial charge in [-0.2, -0.15) is 13.2 Å². The van der Waals surface area contributed by atoms with Gasteiger partial charge in [0.25, 0.3) is 11.6 Å². The number of alkyl halides is 3. The molecule has 2 amide bonds. The molecule has 0 heterocycles. The predicted octanol–water partition coefficient (Wildman–Crippen LogP) is 4.38. The molecule has 32 heavy (non-hydrogen) atoms. The van der Waals surface area contributed by atoms with Gasteiger partial charge in [-0.15, -0.1) is 0 Å². The molecule has 1 unspecified atom stereocenters. The Morgan fingerprint density at radius 2 is 1.75 bits per heavy atom. The molecule has 0 aliphatic carbocycles. The van der Waals surface area contributed by atoms with E-state index in [1.165, 1.54) is 24.3 Å². The highest BCUT2D eigenvalue weighted by Gasteiger charge is 2.30. The van der Waals surface area contributed by atoms with Gasteiger partial charge in [0.05, 0.1) is 10.5 Å². The van der Waals surface area contributed by atoms with Gasteiger partial charge in [0.15, 0.2) is 0 Å². The van der Waals surface area contributed by atoms with Crippen LogP contribution in [0.25, 0.3) is 0 Å². The molecule has 2 aromatic rings. The lowest BCUT2D eigenvalue weighted by atomic mass is 10.0. The number of nitrogens with one attached hydrogen (secondary N) is 2. The number of amides is 2. The van der Waals surface area contributed by atoms with E-state index in [2.05, 4.69) is 10.6 Å². The van der Waals surface area contributed by atoms with Crippen LogP contribution in [0, 0.1) is 16.0 Å². The summed E-state index contributed by atoms with van der Waals surface area (Å²) < 4.78 is 37.9. The van der Waals surface area contributed by atoms with Crippen LogP contribution in [-0.4, -0.2) is 29.3 Å². The number of nitro benzene ring substituents is 1. The minimum Gasteiger partial charge on any atom is -0.354 e. The third-order valence-electron chi connectivity index (χ3n) is 4.63. The maximum Gasteiger partial charge on any atom is 0.416 e. The Morgan fingerprint density at radius 3 is 2.28 bits per heavy atom. The van der Waals surface area contributed by atoms with Crippen molar-refractivity contribution in [2.24, 2.45) is 5.92 Å². The van der Waals surface area contributed by atoms with Gasteiger partial charge in [-0.3, -0.25) is 19.7 Å². The summed E-state index contributed by atoms with van der Waals surface area (Å²) in [5.41, 5.74) is -0.599. The van der Waals surface area contributed by atoms with Crippen LogP contribution in [0.2, 0.25) is 5.02 Å². The van der Waals surface area contributed by atoms with Gasteiger partial charge in [0.1, 0.15) is 11.1 Å². The Hall–Kier alpha value is -3.14. The molecule has 0 saturated heterocycles. The summed E-state index contributed by atoms with van der Waals surface area (Å²) in [6.07, 6.45) is -4.12. The molecule has 0 aliphatic rings. The molecule has 0 spiro atoms. The number of benzene rings is 2. The fourth-order valence-corrected chi connectivity index (χ4v) is 3.04. The number of hydrogen-bond donors (Lipinski definition) is 2. The van der Waals surface area contributed by atoms with Crippen molar-refractivity contribution in [3.63, 3.8) is 0 Å². The first-order valence-electron chi connectivity index (χ1n) is 9.58. The summed E-state index contributed by atoms with van der Waals surface area (Å²) in [4.78, 5) is 35.4. The van der Waals surface area contributed by atoms with Gasteiger partial charge in [-0.1, -0.05) is 37.6 Å². The fourth-order valence-electron chi connectivity index (χ4n) is 2.85. The first kappa shape index (κ1) is 25.1. The number of hydrogen-bond acceptors (Lipinski definition) is 4. The second-order valence-electron chi connectivity index (χ2n) is 7.35. The van der Waals surface area contributed by atoms with Crippen LogP contribution in [0.1, 0.15) is 35.3 Å². The number of carbonyl (C=O) groups is 2. The average molecular weight is 472 g/mol. The van der Waals surface area contributed by atoms with Crippen LogP contribution in [0.4, 0.5) is 18.9 Å². The number of halogens is 4. The van der Waals surface area contributed by atoms with Crippen molar-refractivity contribution in [3.8, 4) is 0 Å². The minimum atomic E-state index is -4.42. The van der Waals surface area contributed by atoms with Gasteiger partial charge >= 0.3 is 6.18 Å². The maximum absolute atomic E-state index is 12.6. The molecule has 7 nitrogen and oxygen atoms in total. The van der Waals surface area contributed by atoms with E-state index < -0.39 is 40.2 Å². The molecule has 0 saturated carbocycles. The largest absolute Gasteiger partial charge is 0.416 e. The van der Waals surface area contributed by atoms with Gasteiger partial charge in [0.2, 0.25) is 5.91 Å². The molecule has 0 bridgehead atoms. The van der Waals surface area contributed by atoms with Crippen molar-refractivity contribution in [2.75, 3.05) is 6.54 Å². The van der Waals surface area contributed by atoms with E-state index in [4.69, 9.17) is 11.6 Å². The van der Waals surface area contributed by atoms with Crippen LogP contribution >= 0.6 is 11.6 Å². The number of nitrogens with zero attached hydrogens (tertiary/aromatic N) is 1. The topological polar surface area (TPSA) is 101 Å². The molecule has 0 aromatic heterocycles. The molecule has 0 aliphatic heterocycles. The van der Waals surface area contributed by atoms with Crippen LogP contribution in [0.3, 0.4) is 0 Å². The van der Waals surface area contributed by atoms with E-state index in [-0.39, 0.29) is 23.0 Å². The molecule has 0 radical (unpaired) electrons. The quantitative estimate of drug-likeness (QED) is 0.440. The molecular weight excluding hydrogens is 451 g/mol. The lowest BCUT2D eigenvalue weighted by Gasteiger charge is -2.22. The third kappa shape index (κ3) is 6.68. The highest BCUT2D eigenvalue weighted by Crippen LogP contribution is 2.29. The predicted molar refractivity (Wildman–Crippen MR) is 112 cm³/mol. The van der Waals surface area contributed by atoms with Gasteiger partial charge in [0, 0.05) is 18.2 Å². The Bertz CT molecular complexity index is 995. The smallest absolute Gasteiger partial charge is 0.354 e. The molecule has 2 N–H and O–H groups in total. The Kier molecular flexibility index (Phi) is 8.20. The summed E-state index contributed by atoms with van der Waals surface area (Å²) in [5, 5.41) is 16.1. The van der Waals surface area contributed by atoms with E-state index in [0.29, 0.717) is 12.0 Å². The van der Waals surface area contributed by atoms with E-state index >= 15 is 0 Å². The van der Waals surface area contributed by atoms with E-state index in [0.717, 1.165) is 18.2 Å². The highest BCUT2D eigenvalue weighted by atomic mass is 35.5. The van der Waals surface area contributed by atoms with Gasteiger partial charge in [-0.25, -0.2) is 0 Å². The lowest BCUT2D eigenvalue weighted by molar-refractivity contribution is -0.384. The van der Waals surface area contributed by atoms with E-state index in [1.54, 1.807) is 13.8 Å². The summed E-state index contributed by atoms with van der Waals surface area (Å²) in [5.74, 6) is -1.46. The molecule has 2 aromatic carbocycles. The van der Waals surface area contributed by atoms with Crippen LogP contribution in [-0.2, 0) is 17.4 Å². The second-order valence-corrected chi connectivity index (χ2v) is 7.76. The van der Waals surface area contributed by atoms with E-state index in [9.17, 15) is 32.9 Å². The molecule has 1 atom stereocenters. The molecule has 172 valence electrons. The monoisotopic (exact) mass is 471 g/mol. The maximum atomic E-state index is 12.6. The molecular formula is C21H21ClF3N3O4.